The van der Waals surface area contributed by atoms with E-state index >= 15 is 0 Å². The van der Waals surface area contributed by atoms with Crippen molar-refractivity contribution in [2.24, 2.45) is 5.10 Å². The molecule has 1 aliphatic heterocycles. The zero-order valence-electron chi connectivity index (χ0n) is 15.7. The van der Waals surface area contributed by atoms with Crippen molar-refractivity contribution in [3.8, 4) is 5.75 Å². The summed E-state index contributed by atoms with van der Waals surface area (Å²) in [6, 6.07) is 18.0. The Morgan fingerprint density at radius 1 is 1.07 bits per heavy atom. The van der Waals surface area contributed by atoms with E-state index in [0.717, 1.165) is 44.0 Å². The summed E-state index contributed by atoms with van der Waals surface area (Å²) in [6.45, 7) is 5.05. The van der Waals surface area contributed by atoms with Crippen LogP contribution in [0, 0.1) is 0 Å². The summed E-state index contributed by atoms with van der Waals surface area (Å²) in [4.78, 5) is 16.7. The quantitative estimate of drug-likeness (QED) is 0.601. The third kappa shape index (κ3) is 6.20. The summed E-state index contributed by atoms with van der Waals surface area (Å²) >= 11 is 0. The predicted molar refractivity (Wildman–Crippen MR) is 107 cm³/mol. The van der Waals surface area contributed by atoms with E-state index in [9.17, 15) is 4.79 Å². The maximum absolute atomic E-state index is 12.1. The van der Waals surface area contributed by atoms with Crippen molar-refractivity contribution in [3.63, 3.8) is 0 Å². The number of nitrogens with one attached hydrogen (secondary N) is 1. The zero-order valence-corrected chi connectivity index (χ0v) is 15.7. The molecule has 0 atom stereocenters. The minimum absolute atomic E-state index is 0.0920. The molecule has 0 bridgehead atoms. The summed E-state index contributed by atoms with van der Waals surface area (Å²) in [5.41, 5.74) is 4.81. The summed E-state index contributed by atoms with van der Waals surface area (Å²) < 4.78 is 5.17. The molecule has 0 unspecified atom stereocenters. The van der Waals surface area contributed by atoms with Gasteiger partial charge >= 0.3 is 0 Å². The Hall–Kier alpha value is -2.70. The average molecular weight is 366 g/mol. The van der Waals surface area contributed by atoms with Crippen molar-refractivity contribution in [2.75, 3.05) is 39.8 Å². The first-order chi connectivity index (χ1) is 13.2. The predicted octanol–water partition coefficient (Wildman–Crippen LogP) is 1.96. The monoisotopic (exact) mass is 366 g/mol. The topological polar surface area (TPSA) is 57.2 Å². The molecule has 0 saturated carbocycles. The number of benzene rings is 2. The first-order valence-electron chi connectivity index (χ1n) is 9.17. The van der Waals surface area contributed by atoms with Gasteiger partial charge in [0.15, 0.2) is 0 Å². The molecule has 0 radical (unpaired) electrons. The number of hydrazone groups is 1. The van der Waals surface area contributed by atoms with Gasteiger partial charge in [-0.05, 0) is 23.3 Å². The lowest BCUT2D eigenvalue weighted by atomic mass is 10.2. The summed E-state index contributed by atoms with van der Waals surface area (Å²) in [7, 11) is 1.62. The highest BCUT2D eigenvalue weighted by molar-refractivity contribution is 5.83. The van der Waals surface area contributed by atoms with Gasteiger partial charge in [-0.15, -0.1) is 0 Å². The highest BCUT2D eigenvalue weighted by Crippen LogP contribution is 2.11. The van der Waals surface area contributed by atoms with E-state index < -0.39 is 0 Å². The molecule has 1 amide bonds. The molecule has 0 aliphatic carbocycles. The van der Waals surface area contributed by atoms with Crippen LogP contribution < -0.4 is 10.2 Å². The first-order valence-corrected chi connectivity index (χ1v) is 9.17. The fourth-order valence-electron chi connectivity index (χ4n) is 3.09. The van der Waals surface area contributed by atoms with Gasteiger partial charge in [-0.25, -0.2) is 5.43 Å². The van der Waals surface area contributed by atoms with Crippen LogP contribution in [-0.4, -0.2) is 61.8 Å². The molecule has 142 valence electrons. The molecule has 1 saturated heterocycles. The van der Waals surface area contributed by atoms with E-state index in [1.807, 2.05) is 30.3 Å². The fourth-order valence-corrected chi connectivity index (χ4v) is 3.09. The zero-order chi connectivity index (χ0) is 18.9. The lowest BCUT2D eigenvalue weighted by Gasteiger charge is -2.34. The van der Waals surface area contributed by atoms with Crippen molar-refractivity contribution < 1.29 is 9.53 Å². The molecule has 1 N–H and O–H groups in total. The van der Waals surface area contributed by atoms with Gasteiger partial charge in [0, 0.05) is 32.7 Å². The number of amides is 1. The molecular weight excluding hydrogens is 340 g/mol. The maximum Gasteiger partial charge on any atom is 0.254 e. The second-order valence-electron chi connectivity index (χ2n) is 6.61. The van der Waals surface area contributed by atoms with Crippen molar-refractivity contribution in [1.29, 1.82) is 0 Å². The van der Waals surface area contributed by atoms with Crippen molar-refractivity contribution in [2.45, 2.75) is 6.54 Å². The number of carbonyl (C=O) groups excluding carboxylic acids is 1. The normalized spacial score (nSPS) is 15.7. The lowest BCUT2D eigenvalue weighted by molar-refractivity contribution is -0.122. The molecule has 2 aromatic carbocycles. The second kappa shape index (κ2) is 9.85. The second-order valence-corrected chi connectivity index (χ2v) is 6.61. The van der Waals surface area contributed by atoms with E-state index in [1.165, 1.54) is 5.56 Å². The largest absolute Gasteiger partial charge is 0.497 e. The van der Waals surface area contributed by atoms with E-state index in [-0.39, 0.29) is 5.91 Å². The van der Waals surface area contributed by atoms with Gasteiger partial charge in [0.05, 0.1) is 19.9 Å². The van der Waals surface area contributed by atoms with Crippen LogP contribution in [0.4, 0.5) is 0 Å². The van der Waals surface area contributed by atoms with E-state index in [0.29, 0.717) is 6.54 Å². The van der Waals surface area contributed by atoms with E-state index in [4.69, 9.17) is 4.74 Å². The van der Waals surface area contributed by atoms with Crippen molar-refractivity contribution in [3.05, 3.63) is 65.7 Å². The molecule has 6 heteroatoms. The molecule has 0 spiro atoms. The lowest BCUT2D eigenvalue weighted by Crippen LogP contribution is -2.48. The highest BCUT2D eigenvalue weighted by atomic mass is 16.5. The third-order valence-corrected chi connectivity index (χ3v) is 4.58. The molecule has 1 aliphatic rings. The Labute approximate surface area is 160 Å². The average Bonchev–Trinajstić information content (AvgIpc) is 2.70. The Balaban J connectivity index is 1.38. The Kier molecular flexibility index (Phi) is 6.96. The van der Waals surface area contributed by atoms with Crippen LogP contribution >= 0.6 is 0 Å². The van der Waals surface area contributed by atoms with Crippen LogP contribution in [0.1, 0.15) is 11.1 Å². The van der Waals surface area contributed by atoms with Crippen LogP contribution in [0.2, 0.25) is 0 Å². The van der Waals surface area contributed by atoms with Gasteiger partial charge in [-0.1, -0.05) is 42.5 Å². The smallest absolute Gasteiger partial charge is 0.254 e. The standard InChI is InChI=1S/C21H26N4O2/c1-27-20-9-5-8-19(14-20)15-22-23-21(26)17-25-12-10-24(11-13-25)16-18-6-3-2-4-7-18/h2-9,14-15H,10-13,16-17H2,1H3,(H,23,26)/b22-15+. The summed E-state index contributed by atoms with van der Waals surface area (Å²) in [5.74, 6) is 0.671. The van der Waals surface area contributed by atoms with Crippen LogP contribution in [0.15, 0.2) is 59.7 Å². The van der Waals surface area contributed by atoms with Crippen LogP contribution in [0.25, 0.3) is 0 Å². The molecule has 1 heterocycles. The Morgan fingerprint density at radius 2 is 1.81 bits per heavy atom. The number of hydrogen-bond acceptors (Lipinski definition) is 5. The summed E-state index contributed by atoms with van der Waals surface area (Å²) in [5, 5.41) is 4.04. The van der Waals surface area contributed by atoms with Gasteiger partial charge in [-0.3, -0.25) is 14.6 Å². The number of hydrogen-bond donors (Lipinski definition) is 1. The molecular formula is C21H26N4O2. The van der Waals surface area contributed by atoms with E-state index in [2.05, 4.69) is 44.6 Å². The molecule has 27 heavy (non-hydrogen) atoms. The Bertz CT molecular complexity index is 756. The molecule has 0 aromatic heterocycles. The maximum atomic E-state index is 12.1. The number of nitrogens with zero attached hydrogens (tertiary/aromatic N) is 3. The number of methoxy groups -OCH3 is 1. The van der Waals surface area contributed by atoms with Gasteiger partial charge in [0.25, 0.3) is 5.91 Å². The number of ether oxygens (including phenoxy) is 1. The SMILES string of the molecule is COc1cccc(/C=N/NC(=O)CN2CCN(Cc3ccccc3)CC2)c1. The van der Waals surface area contributed by atoms with Crippen molar-refractivity contribution in [1.82, 2.24) is 15.2 Å². The van der Waals surface area contributed by atoms with Gasteiger partial charge in [0.2, 0.25) is 0 Å². The van der Waals surface area contributed by atoms with Gasteiger partial charge < -0.3 is 4.74 Å². The molecule has 1 fully saturated rings. The van der Waals surface area contributed by atoms with Crippen LogP contribution in [0.3, 0.4) is 0 Å². The number of rotatable bonds is 7. The van der Waals surface area contributed by atoms with Crippen molar-refractivity contribution >= 4 is 12.1 Å². The van der Waals surface area contributed by atoms with E-state index in [1.54, 1.807) is 13.3 Å². The third-order valence-electron chi connectivity index (χ3n) is 4.58. The fraction of sp³-hybridized carbons (Fsp3) is 0.333. The summed E-state index contributed by atoms with van der Waals surface area (Å²) in [6.07, 6.45) is 1.62. The molecule has 3 rings (SSSR count). The van der Waals surface area contributed by atoms with Gasteiger partial charge in [0.1, 0.15) is 5.75 Å². The van der Waals surface area contributed by atoms with Crippen LogP contribution in [-0.2, 0) is 11.3 Å². The van der Waals surface area contributed by atoms with Gasteiger partial charge in [-0.2, -0.15) is 5.10 Å². The highest BCUT2D eigenvalue weighted by Gasteiger charge is 2.18. The van der Waals surface area contributed by atoms with Crippen LogP contribution in [0.5, 0.6) is 5.75 Å². The number of carbonyl (C=O) groups is 1. The molecule has 6 nitrogen and oxygen atoms in total. The number of piperazine rings is 1. The molecule has 2 aromatic rings. The minimum atomic E-state index is -0.0920. The first kappa shape index (κ1) is 19.1. The Morgan fingerprint density at radius 3 is 2.56 bits per heavy atom. The minimum Gasteiger partial charge on any atom is -0.497 e.